The Kier molecular flexibility index (Phi) is 9.31. The van der Waals surface area contributed by atoms with Crippen molar-refractivity contribution in [1.29, 1.82) is 0 Å². The number of nitrogens with zero attached hydrogens (tertiary/aromatic N) is 3. The van der Waals surface area contributed by atoms with Gasteiger partial charge in [-0.3, -0.25) is 14.5 Å². The molecule has 0 aromatic heterocycles. The summed E-state index contributed by atoms with van der Waals surface area (Å²) >= 11 is 0. The van der Waals surface area contributed by atoms with Crippen molar-refractivity contribution in [3.63, 3.8) is 0 Å². The fourth-order valence-corrected chi connectivity index (χ4v) is 11.3. The van der Waals surface area contributed by atoms with Crippen LogP contribution in [0.3, 0.4) is 0 Å². The molecular formula is C48H51FN4O4. The zero-order valence-corrected chi connectivity index (χ0v) is 32.4. The van der Waals surface area contributed by atoms with Crippen molar-refractivity contribution in [2.45, 2.75) is 87.9 Å². The topological polar surface area (TPSA) is 85.4 Å². The van der Waals surface area contributed by atoms with E-state index in [1.54, 1.807) is 23.1 Å². The highest BCUT2D eigenvalue weighted by Crippen LogP contribution is 2.49. The van der Waals surface area contributed by atoms with Crippen LogP contribution in [-0.4, -0.2) is 71.1 Å². The number of rotatable bonds is 7. The molecule has 3 aliphatic carbocycles. The molecule has 57 heavy (non-hydrogen) atoms. The molecule has 0 radical (unpaired) electrons. The van der Waals surface area contributed by atoms with Crippen molar-refractivity contribution in [1.82, 2.24) is 15.1 Å². The van der Waals surface area contributed by atoms with Gasteiger partial charge in [-0.05, 0) is 152 Å². The van der Waals surface area contributed by atoms with Crippen molar-refractivity contribution in [2.24, 2.45) is 11.8 Å². The molecule has 5 atom stereocenters. The summed E-state index contributed by atoms with van der Waals surface area (Å²) in [5.41, 5.74) is 8.39. The fourth-order valence-electron chi connectivity index (χ4n) is 11.3. The van der Waals surface area contributed by atoms with E-state index < -0.39 is 6.04 Å². The Balaban J connectivity index is 0.730. The van der Waals surface area contributed by atoms with E-state index in [1.165, 1.54) is 29.5 Å². The van der Waals surface area contributed by atoms with Gasteiger partial charge in [-0.15, -0.1) is 0 Å². The van der Waals surface area contributed by atoms with Crippen molar-refractivity contribution in [2.75, 3.05) is 31.1 Å². The molecule has 9 heteroatoms. The molecule has 4 aromatic rings. The largest absolute Gasteiger partial charge is 0.508 e. The smallest absolute Gasteiger partial charge is 0.255 e. The Morgan fingerprint density at radius 3 is 2.25 bits per heavy atom. The van der Waals surface area contributed by atoms with Crippen LogP contribution in [0.4, 0.5) is 10.1 Å². The molecule has 294 valence electrons. The highest BCUT2D eigenvalue weighted by atomic mass is 19.1. The van der Waals surface area contributed by atoms with Gasteiger partial charge in [0, 0.05) is 61.6 Å². The number of piperidine rings is 1. The van der Waals surface area contributed by atoms with Crippen LogP contribution in [0.1, 0.15) is 95.0 Å². The number of carbonyl (C=O) groups excluding carboxylic acids is 2. The molecule has 4 aromatic carbocycles. The predicted octanol–water partition coefficient (Wildman–Crippen LogP) is 7.90. The molecule has 0 bridgehead atoms. The number of phenolic OH excluding ortho intramolecular Hbond substituents is 1. The normalized spacial score (nSPS) is 28.6. The summed E-state index contributed by atoms with van der Waals surface area (Å²) in [6.45, 7) is 8.38. The number of benzene rings is 4. The van der Waals surface area contributed by atoms with Gasteiger partial charge in [-0.1, -0.05) is 36.9 Å². The number of ether oxygens (including phenoxy) is 1. The minimum absolute atomic E-state index is 0.0478. The summed E-state index contributed by atoms with van der Waals surface area (Å²) in [6, 6.07) is 27.8. The molecular weight excluding hydrogens is 716 g/mol. The summed E-state index contributed by atoms with van der Waals surface area (Å²) in [5.74, 6) is 2.56. The number of allylic oxidation sites excluding steroid dienone is 1. The Morgan fingerprint density at radius 1 is 0.772 bits per heavy atom. The van der Waals surface area contributed by atoms with Gasteiger partial charge >= 0.3 is 0 Å². The van der Waals surface area contributed by atoms with E-state index >= 15 is 0 Å². The number of amides is 2. The van der Waals surface area contributed by atoms with Crippen molar-refractivity contribution >= 4 is 17.5 Å². The van der Waals surface area contributed by atoms with E-state index in [4.69, 9.17) is 4.74 Å². The summed E-state index contributed by atoms with van der Waals surface area (Å²) in [4.78, 5) is 32.8. The standard InChI is InChI=1S/C48H51FN4O4/c1-29-2-17-45(47(55)50-29)53-28-35-24-37(10-15-44(35)48(53)56)51-18-20-52(21-19-51)38-22-33-26-41(27-34(33)23-38)57-40-12-5-31(6-13-40)46-42(30-3-8-36(49)9-4-30)14-7-32-25-39(54)11-16-43(32)46/h3-6,8-13,15-16,24-25,33-34,38,41-42,45-46,54H,1-2,7,14,17-23,26-28H2,(H,50,55)/t33?,34?,38?,41?,42-,45?,46+/m1/s1. The molecule has 3 aliphatic heterocycles. The molecule has 2 saturated carbocycles. The number of hydrogen-bond donors (Lipinski definition) is 2. The van der Waals surface area contributed by atoms with Gasteiger partial charge in [0.05, 0.1) is 6.10 Å². The van der Waals surface area contributed by atoms with Gasteiger partial charge in [0.15, 0.2) is 0 Å². The number of nitrogens with one attached hydrogen (secondary N) is 1. The third kappa shape index (κ3) is 6.88. The lowest BCUT2D eigenvalue weighted by Gasteiger charge is -2.39. The second kappa shape index (κ2) is 14.7. The maximum Gasteiger partial charge on any atom is 0.255 e. The Hall–Kier alpha value is -5.15. The number of aryl methyl sites for hydroxylation is 1. The first-order chi connectivity index (χ1) is 27.7. The maximum atomic E-state index is 13.9. The van der Waals surface area contributed by atoms with Crippen molar-refractivity contribution < 1.29 is 23.8 Å². The molecule has 0 spiro atoms. The van der Waals surface area contributed by atoms with Crippen molar-refractivity contribution in [3.8, 4) is 11.5 Å². The van der Waals surface area contributed by atoms with Gasteiger partial charge in [0.2, 0.25) is 5.91 Å². The number of fused-ring (bicyclic) bond motifs is 3. The Bertz CT molecular complexity index is 2180. The Labute approximate surface area is 334 Å². The van der Waals surface area contributed by atoms with E-state index in [9.17, 15) is 19.1 Å². The van der Waals surface area contributed by atoms with Crippen LogP contribution in [0.5, 0.6) is 11.5 Å². The van der Waals surface area contributed by atoms with Crippen LogP contribution in [-0.2, 0) is 17.8 Å². The quantitative estimate of drug-likeness (QED) is 0.199. The fraction of sp³-hybridized carbons (Fsp3) is 0.417. The van der Waals surface area contributed by atoms with Gasteiger partial charge < -0.3 is 25.0 Å². The average Bonchev–Trinajstić information content (AvgIpc) is 3.89. The molecule has 2 N–H and O–H groups in total. The van der Waals surface area contributed by atoms with Gasteiger partial charge in [0.25, 0.3) is 5.91 Å². The van der Waals surface area contributed by atoms with Crippen LogP contribution in [0, 0.1) is 17.7 Å². The van der Waals surface area contributed by atoms with Crippen LogP contribution in [0.2, 0.25) is 0 Å². The number of aromatic hydroxyl groups is 1. The van der Waals surface area contributed by atoms with E-state index in [0.717, 1.165) is 85.7 Å². The number of anilines is 1. The second-order valence-corrected chi connectivity index (χ2v) is 17.4. The number of piperazine rings is 1. The number of carbonyl (C=O) groups is 2. The first-order valence-corrected chi connectivity index (χ1v) is 21.0. The molecule has 3 unspecified atom stereocenters. The Morgan fingerprint density at radius 2 is 1.51 bits per heavy atom. The van der Waals surface area contributed by atoms with Crippen LogP contribution >= 0.6 is 0 Å². The number of halogens is 1. The van der Waals surface area contributed by atoms with Gasteiger partial charge in [-0.25, -0.2) is 4.39 Å². The third-order valence-corrected chi connectivity index (χ3v) is 14.2. The van der Waals surface area contributed by atoms with Crippen LogP contribution < -0.4 is 15.0 Å². The third-order valence-electron chi connectivity index (χ3n) is 14.2. The zero-order valence-electron chi connectivity index (χ0n) is 32.4. The monoisotopic (exact) mass is 766 g/mol. The molecule has 3 heterocycles. The minimum atomic E-state index is -0.436. The first kappa shape index (κ1) is 36.2. The number of hydrogen-bond acceptors (Lipinski definition) is 6. The highest BCUT2D eigenvalue weighted by molar-refractivity contribution is 6.01. The summed E-state index contributed by atoms with van der Waals surface area (Å²) in [6.07, 6.45) is 8.07. The zero-order chi connectivity index (χ0) is 38.8. The molecule has 10 rings (SSSR count). The van der Waals surface area contributed by atoms with E-state index in [1.807, 2.05) is 24.3 Å². The van der Waals surface area contributed by atoms with Gasteiger partial charge in [0.1, 0.15) is 23.4 Å². The van der Waals surface area contributed by atoms with E-state index in [-0.39, 0.29) is 35.6 Å². The van der Waals surface area contributed by atoms with Gasteiger partial charge in [-0.2, -0.15) is 0 Å². The van der Waals surface area contributed by atoms with Crippen LogP contribution in [0.25, 0.3) is 0 Å². The molecule has 2 amide bonds. The summed E-state index contributed by atoms with van der Waals surface area (Å²) in [5, 5.41) is 13.0. The lowest BCUT2D eigenvalue weighted by atomic mass is 9.69. The summed E-state index contributed by atoms with van der Waals surface area (Å²) < 4.78 is 20.5. The SMILES string of the molecule is C=C1CCC(N2Cc3cc(N4CCN(C5CC6CC(Oc7ccc([C@@H]8c9ccc(O)cc9CC[C@@H]8c8ccc(F)cc8)cc7)CC6C5)CC4)ccc3C2=O)C(=O)N1. The molecule has 4 fully saturated rings. The molecule has 8 nitrogen and oxygen atoms in total. The lowest BCUT2D eigenvalue weighted by Crippen LogP contribution is -2.50. The van der Waals surface area contributed by atoms with E-state index in [0.29, 0.717) is 43.0 Å². The number of phenols is 1. The lowest BCUT2D eigenvalue weighted by molar-refractivity contribution is -0.126. The molecule has 6 aliphatic rings. The molecule has 2 saturated heterocycles. The predicted molar refractivity (Wildman–Crippen MR) is 218 cm³/mol. The minimum Gasteiger partial charge on any atom is -0.508 e. The van der Waals surface area contributed by atoms with Crippen LogP contribution in [0.15, 0.2) is 97.2 Å². The maximum absolute atomic E-state index is 13.9. The summed E-state index contributed by atoms with van der Waals surface area (Å²) in [7, 11) is 0. The highest BCUT2D eigenvalue weighted by Gasteiger charge is 2.45. The first-order valence-electron chi connectivity index (χ1n) is 21.0. The van der Waals surface area contributed by atoms with E-state index in [2.05, 4.69) is 64.2 Å². The average molecular weight is 767 g/mol. The second-order valence-electron chi connectivity index (χ2n) is 17.4. The van der Waals surface area contributed by atoms with Crippen molar-refractivity contribution in [3.05, 3.63) is 136 Å².